The normalized spacial score (nSPS) is 27.0. The van der Waals surface area contributed by atoms with E-state index in [0.29, 0.717) is 12.0 Å². The molecule has 0 spiro atoms. The molecule has 1 heterocycles. The summed E-state index contributed by atoms with van der Waals surface area (Å²) in [5, 5.41) is 4.10. The lowest BCUT2D eigenvalue weighted by Crippen LogP contribution is -2.44. The SMILES string of the molecule is CC1CCCC(C(Cc2ncnn2C)NN)C1. The Kier molecular flexibility index (Phi) is 4.12. The van der Waals surface area contributed by atoms with E-state index in [1.54, 1.807) is 6.33 Å². The molecule has 2 rings (SSSR count). The van der Waals surface area contributed by atoms with Crippen LogP contribution in [0.25, 0.3) is 0 Å². The molecule has 0 aromatic carbocycles. The van der Waals surface area contributed by atoms with Crippen molar-refractivity contribution in [2.45, 2.75) is 45.1 Å². The van der Waals surface area contributed by atoms with E-state index in [2.05, 4.69) is 22.4 Å². The second-order valence-electron chi connectivity index (χ2n) is 5.31. The summed E-state index contributed by atoms with van der Waals surface area (Å²) < 4.78 is 1.83. The predicted molar refractivity (Wildman–Crippen MR) is 66.9 cm³/mol. The first-order chi connectivity index (χ1) is 8.20. The van der Waals surface area contributed by atoms with Crippen LogP contribution in [0.3, 0.4) is 0 Å². The van der Waals surface area contributed by atoms with Crippen LogP contribution < -0.4 is 11.3 Å². The van der Waals surface area contributed by atoms with E-state index < -0.39 is 0 Å². The Morgan fingerprint density at radius 3 is 3.00 bits per heavy atom. The van der Waals surface area contributed by atoms with Gasteiger partial charge in [-0.25, -0.2) is 4.98 Å². The van der Waals surface area contributed by atoms with E-state index in [1.165, 1.54) is 25.7 Å². The number of hydrogen-bond acceptors (Lipinski definition) is 4. The van der Waals surface area contributed by atoms with E-state index in [4.69, 9.17) is 5.84 Å². The quantitative estimate of drug-likeness (QED) is 0.606. The van der Waals surface area contributed by atoms with Gasteiger partial charge in [-0.1, -0.05) is 19.8 Å². The fraction of sp³-hybridized carbons (Fsp3) is 0.833. The van der Waals surface area contributed by atoms with Crippen LogP contribution in [0.15, 0.2) is 6.33 Å². The van der Waals surface area contributed by atoms with Gasteiger partial charge < -0.3 is 0 Å². The number of hydrogen-bond donors (Lipinski definition) is 2. The van der Waals surface area contributed by atoms with Gasteiger partial charge in [0.15, 0.2) is 0 Å². The zero-order valence-corrected chi connectivity index (χ0v) is 10.8. The largest absolute Gasteiger partial charge is 0.271 e. The highest BCUT2D eigenvalue weighted by atomic mass is 15.3. The van der Waals surface area contributed by atoms with Crippen LogP contribution in [0.4, 0.5) is 0 Å². The predicted octanol–water partition coefficient (Wildman–Crippen LogP) is 1.02. The van der Waals surface area contributed by atoms with Crippen molar-refractivity contribution in [2.75, 3.05) is 0 Å². The first-order valence-corrected chi connectivity index (χ1v) is 6.49. The Bertz CT molecular complexity index is 348. The fourth-order valence-electron chi connectivity index (χ4n) is 2.91. The Morgan fingerprint density at radius 1 is 1.59 bits per heavy atom. The van der Waals surface area contributed by atoms with Crippen molar-refractivity contribution in [1.29, 1.82) is 0 Å². The fourth-order valence-corrected chi connectivity index (χ4v) is 2.91. The molecule has 1 aliphatic rings. The van der Waals surface area contributed by atoms with Gasteiger partial charge in [0.2, 0.25) is 0 Å². The van der Waals surface area contributed by atoms with Gasteiger partial charge in [-0.15, -0.1) is 0 Å². The second kappa shape index (κ2) is 5.60. The molecule has 0 aliphatic heterocycles. The standard InChI is InChI=1S/C12H23N5/c1-9-4-3-5-10(6-9)11(16-13)7-12-14-8-15-17(12)2/h8-11,16H,3-7,13H2,1-2H3. The summed E-state index contributed by atoms with van der Waals surface area (Å²) in [6, 6.07) is 0.320. The number of nitrogens with one attached hydrogen (secondary N) is 1. The molecule has 3 unspecified atom stereocenters. The minimum absolute atomic E-state index is 0.320. The highest BCUT2D eigenvalue weighted by molar-refractivity contribution is 4.92. The monoisotopic (exact) mass is 237 g/mol. The third-order valence-electron chi connectivity index (χ3n) is 3.97. The molecule has 1 aliphatic carbocycles. The molecule has 1 saturated carbocycles. The summed E-state index contributed by atoms with van der Waals surface area (Å²) in [4.78, 5) is 4.27. The number of nitrogens with two attached hydrogens (primary N) is 1. The summed E-state index contributed by atoms with van der Waals surface area (Å²) in [5.74, 6) is 8.20. The molecule has 1 aromatic rings. The lowest BCUT2D eigenvalue weighted by molar-refractivity contribution is 0.219. The highest BCUT2D eigenvalue weighted by Crippen LogP contribution is 2.31. The summed E-state index contributed by atoms with van der Waals surface area (Å²) in [7, 11) is 1.93. The molecule has 0 amide bonds. The lowest BCUT2D eigenvalue weighted by Gasteiger charge is -2.32. The molecule has 0 saturated heterocycles. The van der Waals surface area contributed by atoms with Crippen LogP contribution in [0.2, 0.25) is 0 Å². The number of nitrogens with zero attached hydrogens (tertiary/aromatic N) is 3. The third kappa shape index (κ3) is 3.04. The highest BCUT2D eigenvalue weighted by Gasteiger charge is 2.27. The molecule has 96 valence electrons. The van der Waals surface area contributed by atoms with Crippen LogP contribution in [-0.4, -0.2) is 20.8 Å². The Labute approximate surface area is 103 Å². The van der Waals surface area contributed by atoms with Crippen LogP contribution in [0, 0.1) is 11.8 Å². The van der Waals surface area contributed by atoms with Gasteiger partial charge in [0.25, 0.3) is 0 Å². The topological polar surface area (TPSA) is 68.8 Å². The smallest absolute Gasteiger partial charge is 0.138 e. The molecule has 1 aromatic heterocycles. The van der Waals surface area contributed by atoms with Gasteiger partial charge in [-0.2, -0.15) is 5.10 Å². The zero-order chi connectivity index (χ0) is 12.3. The minimum atomic E-state index is 0.320. The maximum Gasteiger partial charge on any atom is 0.138 e. The first-order valence-electron chi connectivity index (χ1n) is 6.49. The first kappa shape index (κ1) is 12.5. The van der Waals surface area contributed by atoms with Gasteiger partial charge >= 0.3 is 0 Å². The van der Waals surface area contributed by atoms with Crippen molar-refractivity contribution in [2.24, 2.45) is 24.7 Å². The number of aromatic nitrogens is 3. The molecule has 1 fully saturated rings. The van der Waals surface area contributed by atoms with E-state index in [-0.39, 0.29) is 0 Å². The van der Waals surface area contributed by atoms with E-state index in [0.717, 1.165) is 18.2 Å². The minimum Gasteiger partial charge on any atom is -0.271 e. The Morgan fingerprint density at radius 2 is 2.41 bits per heavy atom. The van der Waals surface area contributed by atoms with Crippen molar-refractivity contribution in [3.05, 3.63) is 12.2 Å². The second-order valence-corrected chi connectivity index (χ2v) is 5.31. The number of hydrazine groups is 1. The molecule has 5 nitrogen and oxygen atoms in total. The summed E-state index contributed by atoms with van der Waals surface area (Å²) in [5.41, 5.74) is 2.98. The molecule has 5 heteroatoms. The average molecular weight is 237 g/mol. The summed E-state index contributed by atoms with van der Waals surface area (Å²) in [6.45, 7) is 2.34. The van der Waals surface area contributed by atoms with Crippen molar-refractivity contribution in [3.63, 3.8) is 0 Å². The van der Waals surface area contributed by atoms with Gasteiger partial charge in [-0.3, -0.25) is 16.0 Å². The van der Waals surface area contributed by atoms with Crippen molar-refractivity contribution >= 4 is 0 Å². The maximum atomic E-state index is 5.71. The number of rotatable bonds is 4. The molecular formula is C12H23N5. The van der Waals surface area contributed by atoms with Crippen LogP contribution in [0.1, 0.15) is 38.4 Å². The van der Waals surface area contributed by atoms with Gasteiger partial charge in [-0.05, 0) is 24.7 Å². The van der Waals surface area contributed by atoms with Gasteiger partial charge in [0.05, 0.1) is 0 Å². The molecule has 0 radical (unpaired) electrons. The van der Waals surface area contributed by atoms with Gasteiger partial charge in [0.1, 0.15) is 12.2 Å². The van der Waals surface area contributed by atoms with Crippen molar-refractivity contribution in [3.8, 4) is 0 Å². The Balaban J connectivity index is 1.98. The van der Waals surface area contributed by atoms with Crippen LogP contribution in [0.5, 0.6) is 0 Å². The van der Waals surface area contributed by atoms with Crippen LogP contribution >= 0.6 is 0 Å². The Hall–Kier alpha value is -0.940. The van der Waals surface area contributed by atoms with Crippen molar-refractivity contribution < 1.29 is 0 Å². The molecule has 0 bridgehead atoms. The number of aryl methyl sites for hydroxylation is 1. The molecule has 3 atom stereocenters. The summed E-state index contributed by atoms with van der Waals surface area (Å²) in [6.07, 6.45) is 7.70. The third-order valence-corrected chi connectivity index (χ3v) is 3.97. The average Bonchev–Trinajstić information content (AvgIpc) is 2.71. The van der Waals surface area contributed by atoms with Crippen LogP contribution in [-0.2, 0) is 13.5 Å². The zero-order valence-electron chi connectivity index (χ0n) is 10.8. The van der Waals surface area contributed by atoms with E-state index in [1.807, 2.05) is 11.7 Å². The van der Waals surface area contributed by atoms with Gasteiger partial charge in [0, 0.05) is 19.5 Å². The lowest BCUT2D eigenvalue weighted by atomic mass is 9.78. The maximum absolute atomic E-state index is 5.71. The molecule has 17 heavy (non-hydrogen) atoms. The molecular weight excluding hydrogens is 214 g/mol. The van der Waals surface area contributed by atoms with Crippen molar-refractivity contribution in [1.82, 2.24) is 20.2 Å². The van der Waals surface area contributed by atoms with E-state index in [9.17, 15) is 0 Å². The van der Waals surface area contributed by atoms with E-state index >= 15 is 0 Å². The summed E-state index contributed by atoms with van der Waals surface area (Å²) >= 11 is 0. The molecule has 3 N–H and O–H groups in total.